The van der Waals surface area contributed by atoms with E-state index in [0.717, 1.165) is 13.0 Å². The van der Waals surface area contributed by atoms with Gasteiger partial charge in [-0.15, -0.1) is 0 Å². The Kier molecular flexibility index (Phi) is 3.72. The second-order valence-electron chi connectivity index (χ2n) is 4.07. The Bertz CT molecular complexity index is 182. The van der Waals surface area contributed by atoms with Crippen LogP contribution in [0.4, 0.5) is 0 Å². The van der Waals surface area contributed by atoms with Gasteiger partial charge in [0, 0.05) is 12.5 Å². The molecule has 0 aromatic carbocycles. The van der Waals surface area contributed by atoms with Crippen LogP contribution in [0.25, 0.3) is 0 Å². The summed E-state index contributed by atoms with van der Waals surface area (Å²) in [6, 6.07) is 0.415. The van der Waals surface area contributed by atoms with Gasteiger partial charge in [-0.3, -0.25) is 4.79 Å². The summed E-state index contributed by atoms with van der Waals surface area (Å²) in [4.78, 5) is 12.9. The smallest absolute Gasteiger partial charge is 0.303 e. The summed E-state index contributed by atoms with van der Waals surface area (Å²) in [6.45, 7) is 3.25. The first-order chi connectivity index (χ1) is 6.11. The normalized spacial score (nSPS) is 31.2. The number of likely N-dealkylation sites (tertiary alicyclic amines) is 1. The van der Waals surface area contributed by atoms with Gasteiger partial charge in [-0.1, -0.05) is 6.42 Å². The highest BCUT2D eigenvalue weighted by Crippen LogP contribution is 2.24. The Hall–Kier alpha value is -0.570. The monoisotopic (exact) mass is 185 g/mol. The lowest BCUT2D eigenvalue weighted by atomic mass is 9.93. The van der Waals surface area contributed by atoms with E-state index in [9.17, 15) is 4.79 Å². The molecule has 3 nitrogen and oxygen atoms in total. The average Bonchev–Trinajstić information content (AvgIpc) is 2.19. The summed E-state index contributed by atoms with van der Waals surface area (Å²) in [6.07, 6.45) is 3.77. The third-order valence-corrected chi connectivity index (χ3v) is 3.15. The summed E-state index contributed by atoms with van der Waals surface area (Å²) in [5.74, 6) is -0.322. The second-order valence-corrected chi connectivity index (χ2v) is 4.07. The lowest BCUT2D eigenvalue weighted by Gasteiger charge is -2.27. The quantitative estimate of drug-likeness (QED) is 0.710. The maximum absolute atomic E-state index is 10.6. The molecule has 1 fully saturated rings. The van der Waals surface area contributed by atoms with Crippen LogP contribution in [0.1, 0.15) is 32.6 Å². The van der Waals surface area contributed by atoms with Gasteiger partial charge in [0.1, 0.15) is 0 Å². The maximum Gasteiger partial charge on any atom is 0.303 e. The molecule has 1 rings (SSSR count). The van der Waals surface area contributed by atoms with Crippen LogP contribution in [-0.2, 0) is 4.79 Å². The van der Waals surface area contributed by atoms with Gasteiger partial charge in [0.05, 0.1) is 0 Å². The molecule has 0 aromatic rings. The van der Waals surface area contributed by atoms with Crippen LogP contribution in [-0.4, -0.2) is 35.6 Å². The van der Waals surface area contributed by atoms with Crippen LogP contribution < -0.4 is 0 Å². The first-order valence-corrected chi connectivity index (χ1v) is 5.03. The molecule has 1 aliphatic heterocycles. The van der Waals surface area contributed by atoms with Crippen molar-refractivity contribution in [3.8, 4) is 0 Å². The van der Waals surface area contributed by atoms with E-state index in [1.54, 1.807) is 0 Å². The van der Waals surface area contributed by atoms with Gasteiger partial charge >= 0.3 is 5.97 Å². The molecule has 0 bridgehead atoms. The SMILES string of the molecule is CC1C(CC(=O)O)CCCCN1C. The van der Waals surface area contributed by atoms with E-state index >= 15 is 0 Å². The number of carbonyl (C=O) groups is 1. The van der Waals surface area contributed by atoms with E-state index in [2.05, 4.69) is 18.9 Å². The van der Waals surface area contributed by atoms with Crippen molar-refractivity contribution in [1.82, 2.24) is 4.90 Å². The Balaban J connectivity index is 2.53. The van der Waals surface area contributed by atoms with Crippen molar-refractivity contribution in [2.24, 2.45) is 5.92 Å². The van der Waals surface area contributed by atoms with Crippen LogP contribution in [0, 0.1) is 5.92 Å². The van der Waals surface area contributed by atoms with Gasteiger partial charge in [-0.05, 0) is 39.3 Å². The van der Waals surface area contributed by atoms with Crippen molar-refractivity contribution in [2.75, 3.05) is 13.6 Å². The predicted molar refractivity (Wildman–Crippen MR) is 51.7 cm³/mol. The van der Waals surface area contributed by atoms with E-state index in [0.29, 0.717) is 18.4 Å². The van der Waals surface area contributed by atoms with Crippen molar-refractivity contribution in [3.63, 3.8) is 0 Å². The number of carboxylic acids is 1. The molecule has 2 unspecified atom stereocenters. The van der Waals surface area contributed by atoms with E-state index in [-0.39, 0.29) is 0 Å². The highest BCUT2D eigenvalue weighted by Gasteiger charge is 2.25. The molecule has 1 heterocycles. The first kappa shape index (κ1) is 10.5. The third kappa shape index (κ3) is 2.99. The molecule has 0 saturated carbocycles. The van der Waals surface area contributed by atoms with E-state index in [1.807, 2.05) is 0 Å². The van der Waals surface area contributed by atoms with Crippen LogP contribution in [0.3, 0.4) is 0 Å². The predicted octanol–water partition coefficient (Wildman–Crippen LogP) is 1.58. The van der Waals surface area contributed by atoms with Gasteiger partial charge in [-0.2, -0.15) is 0 Å². The standard InChI is InChI=1S/C10H19NO2/c1-8-9(7-10(12)13)5-3-4-6-11(8)2/h8-9H,3-7H2,1-2H3,(H,12,13). The number of aliphatic carboxylic acids is 1. The van der Waals surface area contributed by atoms with Crippen LogP contribution in [0.15, 0.2) is 0 Å². The number of rotatable bonds is 2. The van der Waals surface area contributed by atoms with Gasteiger partial charge in [0.25, 0.3) is 0 Å². The minimum atomic E-state index is -0.660. The number of hydrogen-bond acceptors (Lipinski definition) is 2. The average molecular weight is 185 g/mol. The van der Waals surface area contributed by atoms with Crippen molar-refractivity contribution in [1.29, 1.82) is 0 Å². The zero-order valence-electron chi connectivity index (χ0n) is 8.49. The zero-order valence-corrected chi connectivity index (χ0v) is 8.49. The number of nitrogens with zero attached hydrogens (tertiary/aromatic N) is 1. The van der Waals surface area contributed by atoms with Gasteiger partial charge in [0.15, 0.2) is 0 Å². The molecule has 1 N–H and O–H groups in total. The number of hydrogen-bond donors (Lipinski definition) is 1. The fourth-order valence-corrected chi connectivity index (χ4v) is 2.07. The van der Waals surface area contributed by atoms with Crippen molar-refractivity contribution < 1.29 is 9.90 Å². The molecular weight excluding hydrogens is 166 g/mol. The van der Waals surface area contributed by atoms with Crippen molar-refractivity contribution >= 4 is 5.97 Å². The molecule has 0 radical (unpaired) electrons. The number of carboxylic acid groups (broad SMARTS) is 1. The van der Waals surface area contributed by atoms with Gasteiger partial charge in [0.2, 0.25) is 0 Å². The van der Waals surface area contributed by atoms with E-state index < -0.39 is 5.97 Å². The Labute approximate surface area is 79.7 Å². The minimum Gasteiger partial charge on any atom is -0.481 e. The first-order valence-electron chi connectivity index (χ1n) is 5.03. The van der Waals surface area contributed by atoms with Crippen LogP contribution in [0.5, 0.6) is 0 Å². The van der Waals surface area contributed by atoms with Gasteiger partial charge in [-0.25, -0.2) is 0 Å². The third-order valence-electron chi connectivity index (χ3n) is 3.15. The molecule has 0 amide bonds. The van der Waals surface area contributed by atoms with Gasteiger partial charge < -0.3 is 10.0 Å². The largest absolute Gasteiger partial charge is 0.481 e. The molecular formula is C10H19NO2. The highest BCUT2D eigenvalue weighted by molar-refractivity contribution is 5.67. The zero-order chi connectivity index (χ0) is 9.84. The summed E-state index contributed by atoms with van der Waals surface area (Å²) in [5.41, 5.74) is 0. The Morgan fingerprint density at radius 2 is 2.23 bits per heavy atom. The fourth-order valence-electron chi connectivity index (χ4n) is 2.07. The van der Waals surface area contributed by atoms with E-state index in [1.165, 1.54) is 12.8 Å². The van der Waals surface area contributed by atoms with E-state index in [4.69, 9.17) is 5.11 Å². The fraction of sp³-hybridized carbons (Fsp3) is 0.900. The molecule has 1 saturated heterocycles. The molecule has 0 spiro atoms. The Morgan fingerprint density at radius 3 is 2.85 bits per heavy atom. The minimum absolute atomic E-state index is 0.325. The molecule has 0 aliphatic carbocycles. The van der Waals surface area contributed by atoms with Crippen LogP contribution >= 0.6 is 0 Å². The summed E-state index contributed by atoms with van der Waals surface area (Å²) < 4.78 is 0. The topological polar surface area (TPSA) is 40.5 Å². The summed E-state index contributed by atoms with van der Waals surface area (Å²) >= 11 is 0. The Morgan fingerprint density at radius 1 is 1.54 bits per heavy atom. The summed E-state index contributed by atoms with van der Waals surface area (Å²) in [7, 11) is 2.09. The highest BCUT2D eigenvalue weighted by atomic mass is 16.4. The molecule has 76 valence electrons. The maximum atomic E-state index is 10.6. The molecule has 2 atom stereocenters. The summed E-state index contributed by atoms with van der Waals surface area (Å²) in [5, 5.41) is 8.74. The molecule has 3 heteroatoms. The lowest BCUT2D eigenvalue weighted by molar-refractivity contribution is -0.138. The van der Waals surface area contributed by atoms with Crippen molar-refractivity contribution in [2.45, 2.75) is 38.6 Å². The molecule has 0 aromatic heterocycles. The van der Waals surface area contributed by atoms with Crippen molar-refractivity contribution in [3.05, 3.63) is 0 Å². The molecule has 13 heavy (non-hydrogen) atoms. The molecule has 1 aliphatic rings. The lowest BCUT2D eigenvalue weighted by Crippen LogP contribution is -2.35. The second kappa shape index (κ2) is 4.61. The van der Waals surface area contributed by atoms with Crippen LogP contribution in [0.2, 0.25) is 0 Å².